The van der Waals surface area contributed by atoms with Crippen LogP contribution in [-0.4, -0.2) is 19.2 Å². The van der Waals surface area contributed by atoms with Crippen molar-refractivity contribution in [3.63, 3.8) is 0 Å². The molecule has 0 aromatic heterocycles. The molecule has 0 bridgehead atoms. The first-order chi connectivity index (χ1) is 9.95. The van der Waals surface area contributed by atoms with Crippen LogP contribution in [0.1, 0.15) is 58.4 Å². The highest BCUT2D eigenvalue weighted by Gasteiger charge is 2.57. The van der Waals surface area contributed by atoms with E-state index in [9.17, 15) is 0 Å². The fourth-order valence-electron chi connectivity index (χ4n) is 4.22. The molecule has 21 heavy (non-hydrogen) atoms. The molecule has 2 nitrogen and oxygen atoms in total. The molecule has 2 fully saturated rings. The van der Waals surface area contributed by atoms with Gasteiger partial charge in [-0.25, -0.2) is 0 Å². The van der Waals surface area contributed by atoms with Crippen molar-refractivity contribution in [2.75, 3.05) is 7.05 Å². The van der Waals surface area contributed by atoms with Crippen LogP contribution in [0.2, 0.25) is 0 Å². The van der Waals surface area contributed by atoms with Crippen LogP contribution in [0.15, 0.2) is 24.3 Å². The van der Waals surface area contributed by atoms with E-state index in [1.54, 1.807) is 0 Å². The lowest BCUT2D eigenvalue weighted by Gasteiger charge is -2.53. The van der Waals surface area contributed by atoms with Gasteiger partial charge in [-0.05, 0) is 43.0 Å². The Bertz CT molecular complexity index is 497. The van der Waals surface area contributed by atoms with Gasteiger partial charge in [0.25, 0.3) is 0 Å². The maximum absolute atomic E-state index is 6.42. The minimum Gasteiger partial charge on any atom is -0.490 e. The van der Waals surface area contributed by atoms with Crippen LogP contribution < -0.4 is 10.1 Å². The second-order valence-corrected chi connectivity index (χ2v) is 7.90. The molecule has 0 saturated heterocycles. The lowest BCUT2D eigenvalue weighted by Crippen LogP contribution is -2.63. The topological polar surface area (TPSA) is 21.3 Å². The second-order valence-electron chi connectivity index (χ2n) is 7.90. The van der Waals surface area contributed by atoms with Crippen LogP contribution in [0, 0.1) is 5.41 Å². The Kier molecular flexibility index (Phi) is 3.77. The monoisotopic (exact) mass is 287 g/mol. The molecule has 1 aromatic carbocycles. The van der Waals surface area contributed by atoms with E-state index >= 15 is 0 Å². The van der Waals surface area contributed by atoms with Gasteiger partial charge in [-0.1, -0.05) is 45.7 Å². The molecule has 2 unspecified atom stereocenters. The molecule has 0 amide bonds. The standard InChI is InChI=1S/C19H29NO/c1-18(2,3)14-8-7-9-15(12-14)21-17-13-16(20-4)19(17)10-5-6-11-19/h7-9,12,16-17,20H,5-6,10-11,13H2,1-4H3. The molecule has 1 spiro atoms. The summed E-state index contributed by atoms with van der Waals surface area (Å²) in [7, 11) is 2.10. The summed E-state index contributed by atoms with van der Waals surface area (Å²) in [6.45, 7) is 6.76. The van der Waals surface area contributed by atoms with Gasteiger partial charge >= 0.3 is 0 Å². The highest BCUT2D eigenvalue weighted by atomic mass is 16.5. The fourth-order valence-corrected chi connectivity index (χ4v) is 4.22. The van der Waals surface area contributed by atoms with E-state index in [0.717, 1.165) is 12.2 Å². The molecule has 1 aromatic rings. The summed E-state index contributed by atoms with van der Waals surface area (Å²) in [5, 5.41) is 3.51. The van der Waals surface area contributed by atoms with Gasteiger partial charge in [0.2, 0.25) is 0 Å². The average Bonchev–Trinajstić information content (AvgIpc) is 2.95. The highest BCUT2D eigenvalue weighted by molar-refractivity contribution is 5.33. The van der Waals surface area contributed by atoms with Crippen molar-refractivity contribution in [1.29, 1.82) is 0 Å². The Hall–Kier alpha value is -1.02. The Balaban J connectivity index is 1.75. The van der Waals surface area contributed by atoms with Gasteiger partial charge < -0.3 is 10.1 Å². The number of hydrogen-bond acceptors (Lipinski definition) is 2. The van der Waals surface area contributed by atoms with Crippen molar-refractivity contribution < 1.29 is 4.74 Å². The van der Waals surface area contributed by atoms with Crippen LogP contribution in [0.3, 0.4) is 0 Å². The van der Waals surface area contributed by atoms with Gasteiger partial charge in [-0.3, -0.25) is 0 Å². The Labute approximate surface area is 129 Å². The first kappa shape index (κ1) is 14.9. The number of hydrogen-bond donors (Lipinski definition) is 1. The van der Waals surface area contributed by atoms with Crippen molar-refractivity contribution in [3.05, 3.63) is 29.8 Å². The summed E-state index contributed by atoms with van der Waals surface area (Å²) in [5.74, 6) is 1.05. The van der Waals surface area contributed by atoms with Gasteiger partial charge in [0.1, 0.15) is 11.9 Å². The van der Waals surface area contributed by atoms with Crippen LogP contribution in [0.4, 0.5) is 0 Å². The maximum atomic E-state index is 6.42. The van der Waals surface area contributed by atoms with Gasteiger partial charge in [0.05, 0.1) is 0 Å². The van der Waals surface area contributed by atoms with E-state index in [2.05, 4.69) is 57.4 Å². The molecular weight excluding hydrogens is 258 g/mol. The second kappa shape index (κ2) is 5.31. The molecule has 2 saturated carbocycles. The molecule has 2 aliphatic rings. The molecule has 1 N–H and O–H groups in total. The summed E-state index contributed by atoms with van der Waals surface area (Å²) in [6.07, 6.45) is 6.91. The number of nitrogens with one attached hydrogen (secondary N) is 1. The van der Waals surface area contributed by atoms with E-state index in [1.165, 1.54) is 31.2 Å². The lowest BCUT2D eigenvalue weighted by molar-refractivity contribution is -0.0736. The Morgan fingerprint density at radius 2 is 1.90 bits per heavy atom. The van der Waals surface area contributed by atoms with Crippen LogP contribution in [0.5, 0.6) is 5.75 Å². The van der Waals surface area contributed by atoms with Gasteiger partial charge in [-0.15, -0.1) is 0 Å². The van der Waals surface area contributed by atoms with Crippen molar-refractivity contribution in [2.24, 2.45) is 5.41 Å². The van der Waals surface area contributed by atoms with Gasteiger partial charge in [-0.2, -0.15) is 0 Å². The molecule has 0 aliphatic heterocycles. The molecule has 2 atom stereocenters. The Morgan fingerprint density at radius 1 is 1.19 bits per heavy atom. The normalized spacial score (nSPS) is 27.6. The van der Waals surface area contributed by atoms with Gasteiger partial charge in [0, 0.05) is 17.9 Å². The first-order valence-corrected chi connectivity index (χ1v) is 8.40. The molecular formula is C19H29NO. The molecule has 2 aliphatic carbocycles. The van der Waals surface area contributed by atoms with Crippen LogP contribution in [0.25, 0.3) is 0 Å². The average molecular weight is 287 g/mol. The first-order valence-electron chi connectivity index (χ1n) is 8.40. The quantitative estimate of drug-likeness (QED) is 0.895. The van der Waals surface area contributed by atoms with E-state index in [0.29, 0.717) is 17.6 Å². The summed E-state index contributed by atoms with van der Waals surface area (Å²) in [4.78, 5) is 0. The number of ether oxygens (including phenoxy) is 1. The zero-order chi connectivity index (χ0) is 15.1. The van der Waals surface area contributed by atoms with Crippen molar-refractivity contribution >= 4 is 0 Å². The third-order valence-corrected chi connectivity index (χ3v) is 5.65. The largest absolute Gasteiger partial charge is 0.490 e. The van der Waals surface area contributed by atoms with Gasteiger partial charge in [0.15, 0.2) is 0 Å². The molecule has 0 heterocycles. The van der Waals surface area contributed by atoms with Crippen molar-refractivity contribution in [1.82, 2.24) is 5.32 Å². The summed E-state index contributed by atoms with van der Waals surface area (Å²) in [5.41, 5.74) is 1.93. The zero-order valence-electron chi connectivity index (χ0n) is 13.9. The maximum Gasteiger partial charge on any atom is 0.120 e. The highest BCUT2D eigenvalue weighted by Crippen LogP contribution is 2.54. The SMILES string of the molecule is CNC1CC(Oc2cccc(C(C)(C)C)c2)C12CCCC2. The van der Waals surface area contributed by atoms with E-state index in [4.69, 9.17) is 4.74 Å². The van der Waals surface area contributed by atoms with E-state index in [-0.39, 0.29) is 5.41 Å². The van der Waals surface area contributed by atoms with Crippen molar-refractivity contribution in [2.45, 2.75) is 70.4 Å². The lowest BCUT2D eigenvalue weighted by atomic mass is 9.60. The molecule has 0 radical (unpaired) electrons. The minimum atomic E-state index is 0.178. The van der Waals surface area contributed by atoms with Crippen LogP contribution >= 0.6 is 0 Å². The summed E-state index contributed by atoms with van der Waals surface area (Å²) >= 11 is 0. The molecule has 3 rings (SSSR count). The number of rotatable bonds is 3. The van der Waals surface area contributed by atoms with Crippen molar-refractivity contribution in [3.8, 4) is 5.75 Å². The van der Waals surface area contributed by atoms with E-state index < -0.39 is 0 Å². The summed E-state index contributed by atoms with van der Waals surface area (Å²) < 4.78 is 6.42. The fraction of sp³-hybridized carbons (Fsp3) is 0.684. The zero-order valence-corrected chi connectivity index (χ0v) is 13.9. The predicted molar refractivity (Wildman–Crippen MR) is 87.9 cm³/mol. The minimum absolute atomic E-state index is 0.178. The Morgan fingerprint density at radius 3 is 2.52 bits per heavy atom. The van der Waals surface area contributed by atoms with Crippen LogP contribution in [-0.2, 0) is 5.41 Å². The smallest absolute Gasteiger partial charge is 0.120 e. The number of benzene rings is 1. The van der Waals surface area contributed by atoms with E-state index in [1.807, 2.05) is 0 Å². The third-order valence-electron chi connectivity index (χ3n) is 5.65. The predicted octanol–water partition coefficient (Wildman–Crippen LogP) is 4.28. The molecule has 116 valence electrons. The molecule has 2 heteroatoms. The third kappa shape index (κ3) is 2.59. The summed E-state index contributed by atoms with van der Waals surface area (Å²) in [6, 6.07) is 9.33.